The molecule has 0 radical (unpaired) electrons. The molecule has 7 heteroatoms. The monoisotopic (exact) mass is 429 g/mol. The number of amides is 2. The summed E-state index contributed by atoms with van der Waals surface area (Å²) in [5.41, 5.74) is 8.83. The van der Waals surface area contributed by atoms with Gasteiger partial charge in [-0.15, -0.1) is 11.3 Å². The van der Waals surface area contributed by atoms with Gasteiger partial charge in [0.2, 0.25) is 0 Å². The van der Waals surface area contributed by atoms with Crippen LogP contribution in [0.25, 0.3) is 32.7 Å². The molecule has 2 aromatic carbocycles. The van der Waals surface area contributed by atoms with E-state index < -0.39 is 0 Å². The molecule has 1 saturated heterocycles. The first-order valence-corrected chi connectivity index (χ1v) is 11.3. The standard InChI is InChI=1S/C24H23N5OS/c25-24(30)29-13-7-12-28(14-15-29)22-20-19(17-8-3-1-4-9-17)16-31-23(20)27-21(26-22)18-10-5-2-6-11-18/h1-6,8-11,16H,7,12-15H2,(H2,25,30). The van der Waals surface area contributed by atoms with Gasteiger partial charge in [-0.3, -0.25) is 0 Å². The predicted molar refractivity (Wildman–Crippen MR) is 126 cm³/mol. The summed E-state index contributed by atoms with van der Waals surface area (Å²) in [7, 11) is 0. The van der Waals surface area contributed by atoms with Gasteiger partial charge in [0.25, 0.3) is 0 Å². The van der Waals surface area contributed by atoms with Gasteiger partial charge in [-0.25, -0.2) is 14.8 Å². The summed E-state index contributed by atoms with van der Waals surface area (Å²) < 4.78 is 0. The number of nitrogens with two attached hydrogens (primary N) is 1. The van der Waals surface area contributed by atoms with Crippen LogP contribution in [-0.2, 0) is 0 Å². The summed E-state index contributed by atoms with van der Waals surface area (Å²) in [5.74, 6) is 1.65. The maximum absolute atomic E-state index is 11.7. The molecule has 0 spiro atoms. The van der Waals surface area contributed by atoms with Gasteiger partial charge in [-0.2, -0.15) is 0 Å². The highest BCUT2D eigenvalue weighted by atomic mass is 32.1. The number of hydrogen-bond donors (Lipinski definition) is 1. The molecule has 6 nitrogen and oxygen atoms in total. The van der Waals surface area contributed by atoms with E-state index in [2.05, 4.69) is 22.4 Å². The molecule has 0 saturated carbocycles. The van der Waals surface area contributed by atoms with Gasteiger partial charge in [0.1, 0.15) is 10.6 Å². The van der Waals surface area contributed by atoms with Crippen LogP contribution in [0.2, 0.25) is 0 Å². The first-order valence-electron chi connectivity index (χ1n) is 10.4. The van der Waals surface area contributed by atoms with Crippen LogP contribution in [0, 0.1) is 0 Å². The third kappa shape index (κ3) is 3.84. The lowest BCUT2D eigenvalue weighted by Gasteiger charge is -2.24. The number of urea groups is 1. The second-order valence-corrected chi connectivity index (χ2v) is 8.46. The molecule has 0 atom stereocenters. The molecule has 0 bridgehead atoms. The Bertz CT molecular complexity index is 1210. The molecule has 1 fully saturated rings. The average molecular weight is 430 g/mol. The molecule has 0 aliphatic carbocycles. The molecule has 5 rings (SSSR count). The van der Waals surface area contributed by atoms with Crippen molar-refractivity contribution in [1.29, 1.82) is 0 Å². The molecular formula is C24H23N5OS. The molecule has 4 aromatic rings. The van der Waals surface area contributed by atoms with Gasteiger partial charge in [0.15, 0.2) is 5.82 Å². The minimum absolute atomic E-state index is 0.361. The van der Waals surface area contributed by atoms with E-state index in [0.29, 0.717) is 19.6 Å². The van der Waals surface area contributed by atoms with E-state index in [1.165, 1.54) is 0 Å². The predicted octanol–water partition coefficient (Wildman–Crippen LogP) is 4.62. The zero-order valence-electron chi connectivity index (χ0n) is 17.1. The van der Waals surface area contributed by atoms with Crippen molar-refractivity contribution >= 4 is 33.4 Å². The van der Waals surface area contributed by atoms with Crippen molar-refractivity contribution in [3.63, 3.8) is 0 Å². The summed E-state index contributed by atoms with van der Waals surface area (Å²) in [5, 5.41) is 3.24. The lowest BCUT2D eigenvalue weighted by Crippen LogP contribution is -2.38. The van der Waals surface area contributed by atoms with E-state index in [1.54, 1.807) is 16.2 Å². The molecule has 2 N–H and O–H groups in total. The number of anilines is 1. The highest BCUT2D eigenvalue weighted by Crippen LogP contribution is 2.39. The zero-order chi connectivity index (χ0) is 21.2. The van der Waals surface area contributed by atoms with E-state index in [4.69, 9.17) is 15.7 Å². The summed E-state index contributed by atoms with van der Waals surface area (Å²) in [6.45, 7) is 2.76. The molecular weight excluding hydrogens is 406 g/mol. The number of carbonyl (C=O) groups is 1. The van der Waals surface area contributed by atoms with Gasteiger partial charge >= 0.3 is 6.03 Å². The van der Waals surface area contributed by atoms with Crippen LogP contribution in [0.15, 0.2) is 66.0 Å². The van der Waals surface area contributed by atoms with Crippen molar-refractivity contribution in [3.8, 4) is 22.5 Å². The SMILES string of the molecule is NC(=O)N1CCCN(c2nc(-c3ccccc3)nc3scc(-c4ccccc4)c23)CC1. The number of thiophene rings is 1. The second-order valence-electron chi connectivity index (χ2n) is 7.60. The number of primary amides is 1. The van der Waals surface area contributed by atoms with Crippen LogP contribution >= 0.6 is 11.3 Å². The van der Waals surface area contributed by atoms with E-state index in [0.717, 1.165) is 51.5 Å². The fourth-order valence-electron chi connectivity index (χ4n) is 4.05. The van der Waals surface area contributed by atoms with Gasteiger partial charge in [-0.1, -0.05) is 60.7 Å². The number of benzene rings is 2. The van der Waals surface area contributed by atoms with Crippen LogP contribution in [-0.4, -0.2) is 47.1 Å². The van der Waals surface area contributed by atoms with Crippen molar-refractivity contribution in [2.24, 2.45) is 5.73 Å². The van der Waals surface area contributed by atoms with Gasteiger partial charge in [0.05, 0.1) is 5.39 Å². The van der Waals surface area contributed by atoms with Crippen molar-refractivity contribution in [3.05, 3.63) is 66.0 Å². The van der Waals surface area contributed by atoms with Crippen molar-refractivity contribution in [2.45, 2.75) is 6.42 Å². The third-order valence-corrected chi connectivity index (χ3v) is 6.51. The lowest BCUT2D eigenvalue weighted by atomic mass is 10.1. The van der Waals surface area contributed by atoms with Crippen LogP contribution in [0.4, 0.5) is 10.6 Å². The fraction of sp³-hybridized carbons (Fsp3) is 0.208. The van der Waals surface area contributed by atoms with Crippen LogP contribution in [0.5, 0.6) is 0 Å². The number of fused-ring (bicyclic) bond motifs is 1. The Morgan fingerprint density at radius 3 is 2.29 bits per heavy atom. The largest absolute Gasteiger partial charge is 0.354 e. The highest BCUT2D eigenvalue weighted by molar-refractivity contribution is 7.17. The van der Waals surface area contributed by atoms with Crippen LogP contribution < -0.4 is 10.6 Å². The second kappa shape index (κ2) is 8.35. The Labute approximate surface area is 185 Å². The van der Waals surface area contributed by atoms with Crippen LogP contribution in [0.3, 0.4) is 0 Å². The van der Waals surface area contributed by atoms with Crippen molar-refractivity contribution in [2.75, 3.05) is 31.1 Å². The summed E-state index contributed by atoms with van der Waals surface area (Å²) in [6, 6.07) is 20.1. The summed E-state index contributed by atoms with van der Waals surface area (Å²) in [4.78, 5) is 26.6. The van der Waals surface area contributed by atoms with E-state index in [1.807, 2.05) is 48.5 Å². The zero-order valence-corrected chi connectivity index (χ0v) is 17.9. The molecule has 0 unspecified atom stereocenters. The maximum Gasteiger partial charge on any atom is 0.314 e. The van der Waals surface area contributed by atoms with Gasteiger partial charge in [0, 0.05) is 42.7 Å². The number of carbonyl (C=O) groups excluding carboxylic acids is 1. The Kier molecular flexibility index (Phi) is 5.26. The molecule has 2 amide bonds. The van der Waals surface area contributed by atoms with E-state index in [-0.39, 0.29) is 6.03 Å². The van der Waals surface area contributed by atoms with E-state index >= 15 is 0 Å². The third-order valence-electron chi connectivity index (χ3n) is 5.64. The van der Waals surface area contributed by atoms with Crippen molar-refractivity contribution < 1.29 is 4.79 Å². The molecule has 3 heterocycles. The van der Waals surface area contributed by atoms with Crippen LogP contribution in [0.1, 0.15) is 6.42 Å². The number of aromatic nitrogens is 2. The van der Waals surface area contributed by atoms with E-state index in [9.17, 15) is 4.79 Å². The van der Waals surface area contributed by atoms with Gasteiger partial charge < -0.3 is 15.5 Å². The average Bonchev–Trinajstić information content (AvgIpc) is 3.08. The Balaban J connectivity index is 1.66. The highest BCUT2D eigenvalue weighted by Gasteiger charge is 2.23. The first kappa shape index (κ1) is 19.5. The summed E-state index contributed by atoms with van der Waals surface area (Å²) in [6.07, 6.45) is 0.847. The number of nitrogens with zero attached hydrogens (tertiary/aromatic N) is 4. The smallest absolute Gasteiger partial charge is 0.314 e. The minimum Gasteiger partial charge on any atom is -0.354 e. The number of hydrogen-bond acceptors (Lipinski definition) is 5. The normalized spacial score (nSPS) is 14.6. The topological polar surface area (TPSA) is 75.4 Å². The van der Waals surface area contributed by atoms with Gasteiger partial charge in [-0.05, 0) is 12.0 Å². The summed E-state index contributed by atoms with van der Waals surface area (Å²) >= 11 is 1.64. The molecule has 1 aliphatic rings. The Hall–Kier alpha value is -3.45. The van der Waals surface area contributed by atoms with Crippen molar-refractivity contribution in [1.82, 2.24) is 14.9 Å². The minimum atomic E-state index is -0.361. The number of rotatable bonds is 3. The molecule has 1 aliphatic heterocycles. The Morgan fingerprint density at radius 1 is 0.871 bits per heavy atom. The lowest BCUT2D eigenvalue weighted by molar-refractivity contribution is 0.211. The molecule has 156 valence electrons. The first-order chi connectivity index (χ1) is 15.2. The molecule has 2 aromatic heterocycles. The fourth-order valence-corrected chi connectivity index (χ4v) is 4.99. The Morgan fingerprint density at radius 2 is 1.58 bits per heavy atom. The quantitative estimate of drug-likeness (QED) is 0.516. The molecule has 31 heavy (non-hydrogen) atoms. The maximum atomic E-state index is 11.7.